The molecule has 0 aromatic carbocycles. The fraction of sp³-hybridized carbons (Fsp3) is 0.538. The summed E-state index contributed by atoms with van der Waals surface area (Å²) in [4.78, 5) is 16.8. The number of nitrogens with zero attached hydrogens (tertiary/aromatic N) is 1. The molecule has 0 bridgehead atoms. The van der Waals surface area contributed by atoms with Gasteiger partial charge in [0.05, 0.1) is 11.0 Å². The van der Waals surface area contributed by atoms with Crippen LogP contribution in [0.15, 0.2) is 22.5 Å². The van der Waals surface area contributed by atoms with Gasteiger partial charge in [-0.05, 0) is 31.7 Å². The second kappa shape index (κ2) is 8.66. The normalized spacial score (nSPS) is 11.7. The van der Waals surface area contributed by atoms with E-state index in [4.69, 9.17) is 9.47 Å². The van der Waals surface area contributed by atoms with Crippen molar-refractivity contribution in [3.8, 4) is 0 Å². The molecule has 1 heterocycles. The Morgan fingerprint density at radius 2 is 2.32 bits per heavy atom. The standard InChI is InChI=1S/C13H20N2O3S/c1-10(2)18-13(14-7-5-8-17-3)15-12(16)11-6-4-9-19-11/h4,6,9-10H,5,7-8H2,1-3H3,(H,14,15,16). The first-order chi connectivity index (χ1) is 9.13. The third kappa shape index (κ3) is 6.35. The van der Waals surface area contributed by atoms with Crippen molar-refractivity contribution >= 4 is 23.3 Å². The zero-order valence-electron chi connectivity index (χ0n) is 11.5. The van der Waals surface area contributed by atoms with Gasteiger partial charge < -0.3 is 9.47 Å². The molecule has 0 spiro atoms. The lowest BCUT2D eigenvalue weighted by Crippen LogP contribution is -2.34. The van der Waals surface area contributed by atoms with Crippen LogP contribution in [0.2, 0.25) is 0 Å². The molecule has 1 amide bonds. The van der Waals surface area contributed by atoms with Crippen LogP contribution < -0.4 is 5.32 Å². The molecule has 1 rings (SSSR count). The molecule has 0 aliphatic rings. The van der Waals surface area contributed by atoms with Crippen LogP contribution in [0, 0.1) is 0 Å². The molecule has 0 aliphatic carbocycles. The molecule has 1 aromatic heterocycles. The van der Waals surface area contributed by atoms with Crippen LogP contribution in [0.5, 0.6) is 0 Å². The van der Waals surface area contributed by atoms with E-state index in [1.54, 1.807) is 13.2 Å². The molecule has 0 radical (unpaired) electrons. The maximum absolute atomic E-state index is 11.9. The highest BCUT2D eigenvalue weighted by Crippen LogP contribution is 2.08. The van der Waals surface area contributed by atoms with Gasteiger partial charge in [0, 0.05) is 20.3 Å². The molecule has 6 heteroatoms. The summed E-state index contributed by atoms with van der Waals surface area (Å²) in [6, 6.07) is 3.86. The smallest absolute Gasteiger partial charge is 0.291 e. The van der Waals surface area contributed by atoms with E-state index in [-0.39, 0.29) is 18.0 Å². The number of ether oxygens (including phenoxy) is 2. The molecule has 0 saturated carbocycles. The van der Waals surface area contributed by atoms with E-state index in [0.717, 1.165) is 6.42 Å². The fourth-order valence-electron chi connectivity index (χ4n) is 1.29. The first-order valence-corrected chi connectivity index (χ1v) is 7.06. The number of nitrogens with one attached hydrogen (secondary N) is 1. The second-order valence-electron chi connectivity index (χ2n) is 4.13. The molecule has 0 aliphatic heterocycles. The zero-order valence-corrected chi connectivity index (χ0v) is 12.3. The molecule has 1 aromatic rings. The van der Waals surface area contributed by atoms with E-state index in [2.05, 4.69) is 10.3 Å². The van der Waals surface area contributed by atoms with Gasteiger partial charge >= 0.3 is 0 Å². The van der Waals surface area contributed by atoms with Gasteiger partial charge in [-0.3, -0.25) is 10.1 Å². The second-order valence-corrected chi connectivity index (χ2v) is 5.08. The summed E-state index contributed by atoms with van der Waals surface area (Å²) >= 11 is 1.38. The summed E-state index contributed by atoms with van der Waals surface area (Å²) in [7, 11) is 1.65. The molecule has 0 atom stereocenters. The van der Waals surface area contributed by atoms with Gasteiger partial charge in [-0.1, -0.05) is 6.07 Å². The number of amidine groups is 1. The summed E-state index contributed by atoms with van der Waals surface area (Å²) in [5, 5.41) is 4.54. The molecular formula is C13H20N2O3S. The minimum Gasteiger partial charge on any atom is -0.462 e. The SMILES string of the molecule is COCCCN=C(NC(=O)c1cccs1)OC(C)C. The number of carbonyl (C=O) groups excluding carboxylic acids is 1. The van der Waals surface area contributed by atoms with Crippen molar-refractivity contribution in [3.05, 3.63) is 22.4 Å². The fourth-order valence-corrected chi connectivity index (χ4v) is 1.90. The lowest BCUT2D eigenvalue weighted by molar-refractivity contribution is 0.0963. The zero-order chi connectivity index (χ0) is 14.1. The first kappa shape index (κ1) is 15.7. The lowest BCUT2D eigenvalue weighted by atomic mass is 10.4. The Kier molecular flexibility index (Phi) is 7.14. The highest BCUT2D eigenvalue weighted by Gasteiger charge is 2.11. The van der Waals surface area contributed by atoms with Crippen LogP contribution in [0.4, 0.5) is 0 Å². The quantitative estimate of drug-likeness (QED) is 0.495. The summed E-state index contributed by atoms with van der Waals surface area (Å²) in [6.07, 6.45) is 0.751. The molecule has 0 unspecified atom stereocenters. The van der Waals surface area contributed by atoms with Gasteiger partial charge in [0.15, 0.2) is 0 Å². The van der Waals surface area contributed by atoms with Gasteiger partial charge in [-0.2, -0.15) is 0 Å². The Bertz CT molecular complexity index is 402. The summed E-state index contributed by atoms with van der Waals surface area (Å²) < 4.78 is 10.4. The van der Waals surface area contributed by atoms with E-state index in [1.165, 1.54) is 11.3 Å². The Morgan fingerprint density at radius 3 is 2.89 bits per heavy atom. The Morgan fingerprint density at radius 1 is 1.53 bits per heavy atom. The van der Waals surface area contributed by atoms with E-state index in [9.17, 15) is 4.79 Å². The van der Waals surface area contributed by atoms with Crippen LogP contribution in [0.3, 0.4) is 0 Å². The van der Waals surface area contributed by atoms with E-state index in [1.807, 2.05) is 25.3 Å². The molecule has 0 saturated heterocycles. The summed E-state index contributed by atoms with van der Waals surface area (Å²) in [6.45, 7) is 4.97. The largest absolute Gasteiger partial charge is 0.462 e. The van der Waals surface area contributed by atoms with Crippen molar-refractivity contribution in [1.82, 2.24) is 5.32 Å². The number of carbonyl (C=O) groups is 1. The monoisotopic (exact) mass is 284 g/mol. The third-order valence-electron chi connectivity index (χ3n) is 2.07. The topological polar surface area (TPSA) is 59.9 Å². The number of rotatable bonds is 6. The van der Waals surface area contributed by atoms with Crippen molar-refractivity contribution in [3.63, 3.8) is 0 Å². The van der Waals surface area contributed by atoms with Crippen LogP contribution in [-0.2, 0) is 9.47 Å². The van der Waals surface area contributed by atoms with Gasteiger partial charge in [-0.15, -0.1) is 11.3 Å². The van der Waals surface area contributed by atoms with Gasteiger partial charge in [0.1, 0.15) is 0 Å². The van der Waals surface area contributed by atoms with Gasteiger partial charge in [0.2, 0.25) is 0 Å². The van der Waals surface area contributed by atoms with E-state index >= 15 is 0 Å². The summed E-state index contributed by atoms with van der Waals surface area (Å²) in [5.41, 5.74) is 0. The van der Waals surface area contributed by atoms with Crippen LogP contribution in [0.1, 0.15) is 29.9 Å². The maximum atomic E-state index is 11.9. The van der Waals surface area contributed by atoms with Crippen LogP contribution in [0.25, 0.3) is 0 Å². The van der Waals surface area contributed by atoms with Crippen molar-refractivity contribution in [2.24, 2.45) is 4.99 Å². The van der Waals surface area contributed by atoms with Gasteiger partial charge in [0.25, 0.3) is 11.9 Å². The molecule has 106 valence electrons. The number of methoxy groups -OCH3 is 1. The highest BCUT2D eigenvalue weighted by molar-refractivity contribution is 7.12. The van der Waals surface area contributed by atoms with Crippen LogP contribution in [-0.4, -0.2) is 38.3 Å². The average molecular weight is 284 g/mol. The Labute approximate surface area is 117 Å². The van der Waals surface area contributed by atoms with E-state index in [0.29, 0.717) is 18.0 Å². The number of hydrogen-bond donors (Lipinski definition) is 1. The number of aliphatic imine (C=N–C) groups is 1. The summed E-state index contributed by atoms with van der Waals surface area (Å²) in [5.74, 6) is -0.193. The van der Waals surface area contributed by atoms with Gasteiger partial charge in [-0.25, -0.2) is 4.99 Å². The molecule has 1 N–H and O–H groups in total. The first-order valence-electron chi connectivity index (χ1n) is 6.18. The van der Waals surface area contributed by atoms with Crippen molar-refractivity contribution in [2.75, 3.05) is 20.3 Å². The molecule has 5 nitrogen and oxygen atoms in total. The van der Waals surface area contributed by atoms with Crippen molar-refractivity contribution in [1.29, 1.82) is 0 Å². The minimum atomic E-state index is -0.193. The number of amides is 1. The minimum absolute atomic E-state index is 0.0372. The van der Waals surface area contributed by atoms with Crippen molar-refractivity contribution < 1.29 is 14.3 Å². The highest BCUT2D eigenvalue weighted by atomic mass is 32.1. The number of hydrogen-bond acceptors (Lipinski definition) is 5. The predicted molar refractivity (Wildman–Crippen MR) is 76.8 cm³/mol. The Hall–Kier alpha value is -1.40. The number of thiophene rings is 1. The maximum Gasteiger partial charge on any atom is 0.291 e. The predicted octanol–water partition coefficient (Wildman–Crippen LogP) is 2.30. The van der Waals surface area contributed by atoms with E-state index < -0.39 is 0 Å². The lowest BCUT2D eigenvalue weighted by Gasteiger charge is -2.12. The van der Waals surface area contributed by atoms with Crippen LogP contribution >= 0.6 is 11.3 Å². The molecule has 19 heavy (non-hydrogen) atoms. The molecule has 0 fully saturated rings. The Balaban J connectivity index is 2.56. The van der Waals surface area contributed by atoms with Crippen molar-refractivity contribution in [2.45, 2.75) is 26.4 Å². The molecular weight excluding hydrogens is 264 g/mol. The average Bonchev–Trinajstić information content (AvgIpc) is 2.87. The third-order valence-corrected chi connectivity index (χ3v) is 2.94.